The Morgan fingerprint density at radius 2 is 2.20 bits per heavy atom. The summed E-state index contributed by atoms with van der Waals surface area (Å²) in [7, 11) is 0. The van der Waals surface area contributed by atoms with Crippen LogP contribution in [0.25, 0.3) is 0 Å². The first-order chi connectivity index (χ1) is 9.49. The van der Waals surface area contributed by atoms with Crippen LogP contribution in [-0.4, -0.2) is 44.7 Å². The van der Waals surface area contributed by atoms with Gasteiger partial charge in [0.05, 0.1) is 11.7 Å². The number of carboxylic acid groups (broad SMARTS) is 1. The van der Waals surface area contributed by atoms with Gasteiger partial charge in [-0.2, -0.15) is 16.1 Å². The molecule has 1 saturated heterocycles. The number of nitrogens with zero attached hydrogens (tertiary/aromatic N) is 1. The summed E-state index contributed by atoms with van der Waals surface area (Å²) in [5.41, 5.74) is 13.6. The van der Waals surface area contributed by atoms with Gasteiger partial charge in [0, 0.05) is 11.4 Å². The SMILES string of the molecule is NC(=O)CSC1NNNN1C1CCC(Cl)C(C(=O)O)C1. The summed E-state index contributed by atoms with van der Waals surface area (Å²) in [6, 6.07) is 0.0268. The Hall–Kier alpha value is -0.580. The molecule has 2 rings (SSSR count). The molecule has 0 aromatic carbocycles. The highest BCUT2D eigenvalue weighted by Gasteiger charge is 2.40. The first-order valence-electron chi connectivity index (χ1n) is 6.30. The second kappa shape index (κ2) is 6.92. The van der Waals surface area contributed by atoms with Crippen molar-refractivity contribution in [2.75, 3.05) is 5.75 Å². The number of carbonyl (C=O) groups excluding carboxylic acids is 1. The van der Waals surface area contributed by atoms with Crippen LogP contribution in [0.2, 0.25) is 0 Å². The van der Waals surface area contributed by atoms with Crippen molar-refractivity contribution < 1.29 is 14.7 Å². The van der Waals surface area contributed by atoms with Crippen molar-refractivity contribution in [3.05, 3.63) is 0 Å². The van der Waals surface area contributed by atoms with Crippen molar-refractivity contribution in [1.29, 1.82) is 0 Å². The molecule has 1 saturated carbocycles. The van der Waals surface area contributed by atoms with Crippen LogP contribution in [0.3, 0.4) is 0 Å². The molecule has 0 aromatic heterocycles. The average Bonchev–Trinajstić information content (AvgIpc) is 2.85. The highest BCUT2D eigenvalue weighted by Crippen LogP contribution is 2.33. The Bertz CT molecular complexity index is 388. The number of hydrogen-bond acceptors (Lipinski definition) is 7. The lowest BCUT2D eigenvalue weighted by molar-refractivity contribution is -0.143. The molecule has 6 N–H and O–H groups in total. The number of hydrogen-bond donors (Lipinski definition) is 5. The molecule has 1 amide bonds. The zero-order valence-electron chi connectivity index (χ0n) is 10.7. The molecule has 20 heavy (non-hydrogen) atoms. The van der Waals surface area contributed by atoms with E-state index in [-0.39, 0.29) is 22.7 Å². The zero-order chi connectivity index (χ0) is 14.7. The minimum atomic E-state index is -0.865. The topological polar surface area (TPSA) is 120 Å². The maximum atomic E-state index is 11.2. The van der Waals surface area contributed by atoms with Crippen molar-refractivity contribution in [2.45, 2.75) is 36.2 Å². The van der Waals surface area contributed by atoms with E-state index in [1.54, 1.807) is 0 Å². The fraction of sp³-hybridized carbons (Fsp3) is 0.800. The molecule has 114 valence electrons. The molecule has 8 nitrogen and oxygen atoms in total. The maximum Gasteiger partial charge on any atom is 0.308 e. The minimum Gasteiger partial charge on any atom is -0.481 e. The van der Waals surface area contributed by atoms with Gasteiger partial charge in [-0.1, -0.05) is 0 Å². The first-order valence-corrected chi connectivity index (χ1v) is 7.79. The standard InChI is InChI=1S/C10H18ClN5O3S/c11-7-2-1-5(3-6(7)9(18)19)16-10(13-14-15-16)20-4-8(12)17/h5-7,10,13-15H,1-4H2,(H2,12,17)(H,18,19). The number of hydrazine groups is 3. The summed E-state index contributed by atoms with van der Waals surface area (Å²) in [6.07, 6.45) is 1.91. The van der Waals surface area contributed by atoms with Crippen LogP contribution in [-0.2, 0) is 9.59 Å². The highest BCUT2D eigenvalue weighted by atomic mass is 35.5. The number of carbonyl (C=O) groups is 2. The second-order valence-electron chi connectivity index (χ2n) is 4.85. The molecule has 0 aromatic rings. The van der Waals surface area contributed by atoms with E-state index in [0.29, 0.717) is 12.8 Å². The highest BCUT2D eigenvalue weighted by molar-refractivity contribution is 8.00. The number of carboxylic acids is 1. The van der Waals surface area contributed by atoms with Crippen LogP contribution in [0.5, 0.6) is 0 Å². The molecular formula is C10H18ClN5O3S. The van der Waals surface area contributed by atoms with Gasteiger partial charge in [0.15, 0.2) is 0 Å². The van der Waals surface area contributed by atoms with E-state index in [0.717, 1.165) is 6.42 Å². The molecular weight excluding hydrogens is 306 g/mol. The fourth-order valence-corrected chi connectivity index (χ4v) is 3.66. The van der Waals surface area contributed by atoms with Gasteiger partial charge in [0.2, 0.25) is 5.91 Å². The van der Waals surface area contributed by atoms with Gasteiger partial charge in [0.25, 0.3) is 0 Å². The normalized spacial score (nSPS) is 35.0. The molecule has 2 fully saturated rings. The largest absolute Gasteiger partial charge is 0.481 e. The van der Waals surface area contributed by atoms with Crippen molar-refractivity contribution in [3.8, 4) is 0 Å². The lowest BCUT2D eigenvalue weighted by Gasteiger charge is -2.37. The number of thioether (sulfide) groups is 1. The van der Waals surface area contributed by atoms with Gasteiger partial charge in [-0.25, -0.2) is 5.43 Å². The van der Waals surface area contributed by atoms with E-state index in [1.165, 1.54) is 11.8 Å². The second-order valence-corrected chi connectivity index (χ2v) is 6.47. The number of alkyl halides is 1. The Morgan fingerprint density at radius 1 is 1.45 bits per heavy atom. The zero-order valence-corrected chi connectivity index (χ0v) is 12.3. The fourth-order valence-electron chi connectivity index (χ4n) is 2.47. The summed E-state index contributed by atoms with van der Waals surface area (Å²) >= 11 is 7.41. The number of primary amides is 1. The molecule has 2 aliphatic rings. The number of rotatable bonds is 5. The lowest BCUT2D eigenvalue weighted by Crippen LogP contribution is -2.50. The van der Waals surface area contributed by atoms with Gasteiger partial charge in [-0.05, 0) is 19.3 Å². The number of amides is 1. The first kappa shape index (κ1) is 15.8. The Morgan fingerprint density at radius 3 is 2.85 bits per heavy atom. The van der Waals surface area contributed by atoms with Gasteiger partial charge in [-0.3, -0.25) is 9.59 Å². The third kappa shape index (κ3) is 3.74. The summed E-state index contributed by atoms with van der Waals surface area (Å²) in [6.45, 7) is 0. The van der Waals surface area contributed by atoms with Crippen LogP contribution in [0, 0.1) is 5.92 Å². The average molecular weight is 324 g/mol. The van der Waals surface area contributed by atoms with E-state index >= 15 is 0 Å². The van der Waals surface area contributed by atoms with E-state index < -0.39 is 17.8 Å². The Kier molecular flexibility index (Phi) is 5.47. The van der Waals surface area contributed by atoms with Gasteiger partial charge in [-0.15, -0.1) is 23.4 Å². The Balaban J connectivity index is 1.95. The third-order valence-electron chi connectivity index (χ3n) is 3.47. The summed E-state index contributed by atoms with van der Waals surface area (Å²) < 4.78 is 0. The van der Waals surface area contributed by atoms with Crippen molar-refractivity contribution in [3.63, 3.8) is 0 Å². The van der Waals surface area contributed by atoms with Crippen LogP contribution in [0.1, 0.15) is 19.3 Å². The van der Waals surface area contributed by atoms with Crippen LogP contribution < -0.4 is 22.2 Å². The van der Waals surface area contributed by atoms with Gasteiger partial charge < -0.3 is 10.8 Å². The van der Waals surface area contributed by atoms with Crippen LogP contribution >= 0.6 is 23.4 Å². The van der Waals surface area contributed by atoms with Crippen molar-refractivity contribution in [1.82, 2.24) is 21.5 Å². The van der Waals surface area contributed by atoms with E-state index in [9.17, 15) is 14.7 Å². The maximum absolute atomic E-state index is 11.2. The van der Waals surface area contributed by atoms with E-state index in [2.05, 4.69) is 16.5 Å². The van der Waals surface area contributed by atoms with Gasteiger partial charge >= 0.3 is 5.97 Å². The quantitative estimate of drug-likeness (QED) is 0.416. The Labute approximate surface area is 125 Å². The monoisotopic (exact) mass is 323 g/mol. The molecule has 0 bridgehead atoms. The molecule has 4 atom stereocenters. The summed E-state index contributed by atoms with van der Waals surface area (Å²) in [5, 5.41) is 10.7. The molecule has 0 spiro atoms. The van der Waals surface area contributed by atoms with Crippen molar-refractivity contribution >= 4 is 35.2 Å². The summed E-state index contributed by atoms with van der Waals surface area (Å²) in [5.74, 6) is -1.63. The summed E-state index contributed by atoms with van der Waals surface area (Å²) in [4.78, 5) is 22.0. The molecule has 1 heterocycles. The predicted octanol–water partition coefficient (Wildman–Crippen LogP) is -0.821. The smallest absolute Gasteiger partial charge is 0.308 e. The molecule has 4 unspecified atom stereocenters. The number of nitrogens with one attached hydrogen (secondary N) is 3. The minimum absolute atomic E-state index is 0.0268. The van der Waals surface area contributed by atoms with Crippen LogP contribution in [0.15, 0.2) is 0 Å². The van der Waals surface area contributed by atoms with E-state index in [4.69, 9.17) is 17.3 Å². The lowest BCUT2D eigenvalue weighted by atomic mass is 9.85. The number of aliphatic carboxylic acids is 1. The van der Waals surface area contributed by atoms with Crippen molar-refractivity contribution in [2.24, 2.45) is 11.7 Å². The number of halogens is 1. The predicted molar refractivity (Wildman–Crippen MR) is 75.1 cm³/mol. The molecule has 1 aliphatic carbocycles. The molecule has 0 radical (unpaired) electrons. The van der Waals surface area contributed by atoms with Gasteiger partial charge in [0.1, 0.15) is 5.50 Å². The van der Waals surface area contributed by atoms with Crippen LogP contribution in [0.4, 0.5) is 0 Å². The molecule has 1 aliphatic heterocycles. The van der Waals surface area contributed by atoms with E-state index in [1.807, 2.05) is 5.01 Å². The third-order valence-corrected chi connectivity index (χ3v) is 5.10. The number of nitrogens with two attached hydrogens (primary N) is 1. The molecule has 10 heteroatoms.